The van der Waals surface area contributed by atoms with Crippen molar-refractivity contribution in [2.45, 2.75) is 19.3 Å². The molecular formula is C16H13N5O. The SMILES string of the molecule is O=C1CCCc2nc(-c3cccc(-c4nn[nH]n4)c3)ccc21. The number of hydrogen-bond donors (Lipinski definition) is 1. The van der Waals surface area contributed by atoms with E-state index >= 15 is 0 Å². The first-order valence-corrected chi connectivity index (χ1v) is 7.18. The van der Waals surface area contributed by atoms with Gasteiger partial charge in [-0.2, -0.15) is 5.21 Å². The Hall–Kier alpha value is -2.89. The molecular weight excluding hydrogens is 278 g/mol. The van der Waals surface area contributed by atoms with Crippen LogP contribution < -0.4 is 0 Å². The van der Waals surface area contributed by atoms with E-state index in [1.165, 1.54) is 0 Å². The Balaban J connectivity index is 1.76. The van der Waals surface area contributed by atoms with Gasteiger partial charge in [-0.15, -0.1) is 10.2 Å². The average molecular weight is 291 g/mol. The Morgan fingerprint density at radius 3 is 2.82 bits per heavy atom. The van der Waals surface area contributed by atoms with Crippen LogP contribution in [-0.4, -0.2) is 31.4 Å². The molecule has 6 heteroatoms. The summed E-state index contributed by atoms with van der Waals surface area (Å²) in [6.45, 7) is 0. The summed E-state index contributed by atoms with van der Waals surface area (Å²) in [5.41, 5.74) is 4.38. The van der Waals surface area contributed by atoms with Crippen molar-refractivity contribution in [1.29, 1.82) is 0 Å². The number of tetrazole rings is 1. The van der Waals surface area contributed by atoms with Gasteiger partial charge in [-0.05, 0) is 36.3 Å². The summed E-state index contributed by atoms with van der Waals surface area (Å²) >= 11 is 0. The second-order valence-electron chi connectivity index (χ2n) is 5.28. The number of benzene rings is 1. The number of nitrogens with zero attached hydrogens (tertiary/aromatic N) is 4. The van der Waals surface area contributed by atoms with E-state index in [4.69, 9.17) is 0 Å². The van der Waals surface area contributed by atoms with Crippen LogP contribution in [0, 0.1) is 0 Å². The Morgan fingerprint density at radius 1 is 1.05 bits per heavy atom. The van der Waals surface area contributed by atoms with Gasteiger partial charge >= 0.3 is 0 Å². The van der Waals surface area contributed by atoms with E-state index in [0.29, 0.717) is 12.2 Å². The van der Waals surface area contributed by atoms with Gasteiger partial charge in [-0.25, -0.2) is 0 Å². The molecule has 1 N–H and O–H groups in total. The molecule has 108 valence electrons. The van der Waals surface area contributed by atoms with E-state index in [2.05, 4.69) is 25.6 Å². The molecule has 2 aromatic heterocycles. The van der Waals surface area contributed by atoms with Crippen molar-refractivity contribution in [1.82, 2.24) is 25.6 Å². The summed E-state index contributed by atoms with van der Waals surface area (Å²) in [5.74, 6) is 0.746. The van der Waals surface area contributed by atoms with E-state index in [0.717, 1.165) is 40.9 Å². The predicted molar refractivity (Wildman–Crippen MR) is 80.1 cm³/mol. The lowest BCUT2D eigenvalue weighted by molar-refractivity contribution is 0.0971. The third-order valence-corrected chi connectivity index (χ3v) is 3.85. The Bertz CT molecular complexity index is 842. The van der Waals surface area contributed by atoms with Crippen molar-refractivity contribution in [2.24, 2.45) is 0 Å². The number of aromatic amines is 1. The molecule has 0 saturated carbocycles. The predicted octanol–water partition coefficient (Wildman–Crippen LogP) is 2.45. The maximum absolute atomic E-state index is 11.9. The topological polar surface area (TPSA) is 84.4 Å². The van der Waals surface area contributed by atoms with Crippen LogP contribution in [0.2, 0.25) is 0 Å². The normalized spacial score (nSPS) is 13.9. The molecule has 2 heterocycles. The fourth-order valence-electron chi connectivity index (χ4n) is 2.76. The molecule has 22 heavy (non-hydrogen) atoms. The summed E-state index contributed by atoms with van der Waals surface area (Å²) in [7, 11) is 0. The smallest absolute Gasteiger partial charge is 0.204 e. The van der Waals surface area contributed by atoms with Gasteiger partial charge in [-0.3, -0.25) is 9.78 Å². The molecule has 0 amide bonds. The number of aromatic nitrogens is 5. The molecule has 0 radical (unpaired) electrons. The molecule has 1 aliphatic carbocycles. The highest BCUT2D eigenvalue weighted by molar-refractivity contribution is 5.98. The lowest BCUT2D eigenvalue weighted by atomic mass is 9.94. The number of pyridine rings is 1. The molecule has 0 atom stereocenters. The molecule has 0 fully saturated rings. The quantitative estimate of drug-likeness (QED) is 0.784. The number of H-pyrrole nitrogens is 1. The highest BCUT2D eigenvalue weighted by atomic mass is 16.1. The molecule has 4 rings (SSSR count). The van der Waals surface area contributed by atoms with Crippen LogP contribution in [0.1, 0.15) is 28.9 Å². The Kier molecular flexibility index (Phi) is 3.00. The molecule has 1 aromatic carbocycles. The number of fused-ring (bicyclic) bond motifs is 1. The van der Waals surface area contributed by atoms with Crippen LogP contribution in [0.4, 0.5) is 0 Å². The van der Waals surface area contributed by atoms with Crippen LogP contribution in [-0.2, 0) is 6.42 Å². The van der Waals surface area contributed by atoms with Crippen LogP contribution >= 0.6 is 0 Å². The number of ketones is 1. The first-order valence-electron chi connectivity index (χ1n) is 7.18. The minimum atomic E-state index is 0.195. The zero-order chi connectivity index (χ0) is 14.9. The average Bonchev–Trinajstić information content (AvgIpc) is 3.09. The van der Waals surface area contributed by atoms with E-state index in [1.54, 1.807) is 0 Å². The third kappa shape index (κ3) is 2.18. The monoisotopic (exact) mass is 291 g/mol. The minimum Gasteiger partial charge on any atom is -0.294 e. The van der Waals surface area contributed by atoms with Gasteiger partial charge in [0.05, 0.1) is 11.4 Å². The standard InChI is InChI=1S/C16H13N5O/c22-15-6-2-5-14-12(15)7-8-13(17-14)10-3-1-4-11(9-10)16-18-20-21-19-16/h1,3-4,7-9H,2,5-6H2,(H,18,19,20,21). The van der Waals surface area contributed by atoms with Crippen LogP contribution in [0.5, 0.6) is 0 Å². The van der Waals surface area contributed by atoms with Gasteiger partial charge in [0, 0.05) is 23.1 Å². The van der Waals surface area contributed by atoms with Gasteiger partial charge in [0.1, 0.15) is 0 Å². The molecule has 0 saturated heterocycles. The lowest BCUT2D eigenvalue weighted by Gasteiger charge is -2.14. The minimum absolute atomic E-state index is 0.195. The van der Waals surface area contributed by atoms with E-state index in [9.17, 15) is 4.79 Å². The second-order valence-corrected chi connectivity index (χ2v) is 5.28. The van der Waals surface area contributed by atoms with E-state index in [-0.39, 0.29) is 5.78 Å². The Labute approximate surface area is 126 Å². The Morgan fingerprint density at radius 2 is 1.95 bits per heavy atom. The summed E-state index contributed by atoms with van der Waals surface area (Å²) in [6, 6.07) is 11.6. The molecule has 0 spiro atoms. The number of carbonyl (C=O) groups is 1. The number of hydrogen-bond acceptors (Lipinski definition) is 5. The maximum atomic E-state index is 11.9. The maximum Gasteiger partial charge on any atom is 0.204 e. The summed E-state index contributed by atoms with van der Waals surface area (Å²) in [5, 5.41) is 14.0. The van der Waals surface area contributed by atoms with Crippen molar-refractivity contribution in [3.8, 4) is 22.6 Å². The third-order valence-electron chi connectivity index (χ3n) is 3.85. The number of nitrogens with one attached hydrogen (secondary N) is 1. The van der Waals surface area contributed by atoms with Crippen molar-refractivity contribution >= 4 is 5.78 Å². The fourth-order valence-corrected chi connectivity index (χ4v) is 2.76. The molecule has 0 unspecified atom stereocenters. The molecule has 0 aliphatic heterocycles. The fraction of sp³-hybridized carbons (Fsp3) is 0.188. The zero-order valence-corrected chi connectivity index (χ0v) is 11.8. The van der Waals surface area contributed by atoms with Gasteiger partial charge in [0.25, 0.3) is 0 Å². The first kappa shape index (κ1) is 12.8. The molecule has 3 aromatic rings. The van der Waals surface area contributed by atoms with Crippen molar-refractivity contribution < 1.29 is 4.79 Å². The van der Waals surface area contributed by atoms with Gasteiger partial charge in [0.2, 0.25) is 5.82 Å². The zero-order valence-electron chi connectivity index (χ0n) is 11.8. The molecule has 6 nitrogen and oxygen atoms in total. The highest BCUT2D eigenvalue weighted by Gasteiger charge is 2.18. The van der Waals surface area contributed by atoms with Crippen LogP contribution in [0.25, 0.3) is 22.6 Å². The summed E-state index contributed by atoms with van der Waals surface area (Å²) in [6.07, 6.45) is 2.37. The number of Topliss-reactive ketones (excluding diaryl/α,β-unsaturated/α-hetero) is 1. The molecule has 0 bridgehead atoms. The van der Waals surface area contributed by atoms with Crippen LogP contribution in [0.15, 0.2) is 36.4 Å². The lowest BCUT2D eigenvalue weighted by Crippen LogP contribution is -2.12. The molecule has 1 aliphatic rings. The van der Waals surface area contributed by atoms with Gasteiger partial charge in [0.15, 0.2) is 5.78 Å². The number of carbonyl (C=O) groups excluding carboxylic acids is 1. The van der Waals surface area contributed by atoms with Gasteiger partial charge in [-0.1, -0.05) is 18.2 Å². The summed E-state index contributed by atoms with van der Waals surface area (Å²) < 4.78 is 0. The van der Waals surface area contributed by atoms with E-state index < -0.39 is 0 Å². The van der Waals surface area contributed by atoms with Gasteiger partial charge < -0.3 is 0 Å². The number of aryl methyl sites for hydroxylation is 1. The summed E-state index contributed by atoms with van der Waals surface area (Å²) in [4.78, 5) is 16.5. The first-order chi connectivity index (χ1) is 10.8. The highest BCUT2D eigenvalue weighted by Crippen LogP contribution is 2.26. The largest absolute Gasteiger partial charge is 0.294 e. The second kappa shape index (κ2) is 5.14. The van der Waals surface area contributed by atoms with Crippen LogP contribution in [0.3, 0.4) is 0 Å². The van der Waals surface area contributed by atoms with Crippen molar-refractivity contribution in [3.05, 3.63) is 47.7 Å². The van der Waals surface area contributed by atoms with E-state index in [1.807, 2.05) is 36.4 Å². The number of rotatable bonds is 2. The van der Waals surface area contributed by atoms with Crippen molar-refractivity contribution in [2.75, 3.05) is 0 Å². The van der Waals surface area contributed by atoms with Crippen molar-refractivity contribution in [3.63, 3.8) is 0 Å².